The summed E-state index contributed by atoms with van der Waals surface area (Å²) in [6.07, 6.45) is -0.394. The number of hydrogen-bond donors (Lipinski definition) is 2. The molecule has 0 aliphatic rings. The van der Waals surface area contributed by atoms with Crippen LogP contribution in [0.25, 0.3) is 0 Å². The maximum Gasteiger partial charge on any atom is 0.224 e. The van der Waals surface area contributed by atoms with Gasteiger partial charge in [0.15, 0.2) is 0 Å². The monoisotopic (exact) mass is 361 g/mol. The van der Waals surface area contributed by atoms with Crippen LogP contribution in [0.2, 0.25) is 0 Å². The molecule has 0 spiro atoms. The molecule has 2 aromatic heterocycles. The van der Waals surface area contributed by atoms with Crippen molar-refractivity contribution in [2.45, 2.75) is 19.1 Å². The van der Waals surface area contributed by atoms with Gasteiger partial charge < -0.3 is 10.4 Å². The number of thiophene rings is 2. The van der Waals surface area contributed by atoms with E-state index in [1.807, 2.05) is 29.6 Å². The van der Waals surface area contributed by atoms with E-state index in [-0.39, 0.29) is 18.1 Å². The molecule has 0 radical (unpaired) electrons. The van der Waals surface area contributed by atoms with Crippen molar-refractivity contribution < 1.29 is 14.3 Å². The molecular weight excluding hydrogens is 345 g/mol. The number of amides is 1. The lowest BCUT2D eigenvalue weighted by Crippen LogP contribution is -2.24. The second-order valence-electron chi connectivity index (χ2n) is 5.30. The molecule has 124 valence electrons. The van der Waals surface area contributed by atoms with Crippen molar-refractivity contribution in [1.29, 1.82) is 0 Å². The molecule has 0 bridgehead atoms. The molecule has 2 N–H and O–H groups in total. The SMILES string of the molecule is O=C(Cc1ccc(F)cc1)NCc1ccc(C(O)c2cccs2)s1. The highest BCUT2D eigenvalue weighted by atomic mass is 32.1. The number of aliphatic hydroxyl groups is 1. The highest BCUT2D eigenvalue weighted by molar-refractivity contribution is 7.12. The second-order valence-corrected chi connectivity index (χ2v) is 7.48. The lowest BCUT2D eigenvalue weighted by Gasteiger charge is -2.05. The number of hydrogen-bond acceptors (Lipinski definition) is 4. The Kier molecular flexibility index (Phi) is 5.40. The first-order valence-corrected chi connectivity index (χ1v) is 9.12. The van der Waals surface area contributed by atoms with E-state index < -0.39 is 6.10 Å². The van der Waals surface area contributed by atoms with Crippen LogP contribution in [-0.4, -0.2) is 11.0 Å². The molecule has 1 aromatic carbocycles. The highest BCUT2D eigenvalue weighted by Crippen LogP contribution is 2.30. The quantitative estimate of drug-likeness (QED) is 0.700. The zero-order chi connectivity index (χ0) is 16.9. The van der Waals surface area contributed by atoms with Gasteiger partial charge >= 0.3 is 0 Å². The van der Waals surface area contributed by atoms with Crippen LogP contribution in [0.1, 0.15) is 26.3 Å². The van der Waals surface area contributed by atoms with Crippen molar-refractivity contribution in [3.8, 4) is 0 Å². The van der Waals surface area contributed by atoms with Crippen molar-refractivity contribution >= 4 is 28.6 Å². The molecule has 1 unspecified atom stereocenters. The molecule has 3 rings (SSSR count). The fraction of sp³-hybridized carbons (Fsp3) is 0.167. The van der Waals surface area contributed by atoms with E-state index in [1.165, 1.54) is 34.8 Å². The van der Waals surface area contributed by atoms with Gasteiger partial charge in [0.05, 0.1) is 13.0 Å². The summed E-state index contributed by atoms with van der Waals surface area (Å²) >= 11 is 3.00. The van der Waals surface area contributed by atoms with Crippen molar-refractivity contribution in [2.24, 2.45) is 0 Å². The summed E-state index contributed by atoms with van der Waals surface area (Å²) in [6.45, 7) is 0.419. The van der Waals surface area contributed by atoms with Gasteiger partial charge in [-0.2, -0.15) is 0 Å². The Morgan fingerprint density at radius 2 is 1.92 bits per heavy atom. The van der Waals surface area contributed by atoms with E-state index in [9.17, 15) is 14.3 Å². The number of benzene rings is 1. The predicted molar refractivity (Wildman–Crippen MR) is 94.7 cm³/mol. The molecule has 1 atom stereocenters. The smallest absolute Gasteiger partial charge is 0.224 e. The zero-order valence-corrected chi connectivity index (χ0v) is 14.4. The van der Waals surface area contributed by atoms with Crippen molar-refractivity contribution in [3.05, 3.63) is 79.9 Å². The summed E-state index contributed by atoms with van der Waals surface area (Å²) in [5.74, 6) is -0.426. The Hall–Kier alpha value is -2.02. The number of carbonyl (C=O) groups excluding carboxylic acids is 1. The third kappa shape index (κ3) is 4.29. The maximum absolute atomic E-state index is 12.8. The molecule has 0 saturated carbocycles. The summed E-state index contributed by atoms with van der Waals surface area (Å²) in [7, 11) is 0. The third-order valence-electron chi connectivity index (χ3n) is 3.50. The average Bonchev–Trinajstić information content (AvgIpc) is 3.26. The van der Waals surface area contributed by atoms with Gasteiger partial charge in [0.2, 0.25) is 5.91 Å². The van der Waals surface area contributed by atoms with E-state index in [0.29, 0.717) is 6.54 Å². The van der Waals surface area contributed by atoms with Crippen LogP contribution in [0.4, 0.5) is 4.39 Å². The molecular formula is C18H16FNO2S2. The molecule has 24 heavy (non-hydrogen) atoms. The van der Waals surface area contributed by atoms with Crippen LogP contribution >= 0.6 is 22.7 Å². The molecule has 0 aliphatic heterocycles. The summed E-state index contributed by atoms with van der Waals surface area (Å²) in [5.41, 5.74) is 0.772. The molecule has 0 fully saturated rings. The minimum absolute atomic E-state index is 0.115. The topological polar surface area (TPSA) is 49.3 Å². The van der Waals surface area contributed by atoms with E-state index in [4.69, 9.17) is 0 Å². The van der Waals surface area contributed by atoms with Crippen LogP contribution in [0.15, 0.2) is 53.9 Å². The molecule has 0 saturated heterocycles. The Bertz CT molecular complexity index is 797. The average molecular weight is 361 g/mol. The van der Waals surface area contributed by atoms with Gasteiger partial charge in [-0.05, 0) is 41.3 Å². The van der Waals surface area contributed by atoms with Crippen LogP contribution in [0.3, 0.4) is 0 Å². The van der Waals surface area contributed by atoms with Crippen LogP contribution in [0, 0.1) is 5.82 Å². The van der Waals surface area contributed by atoms with E-state index in [2.05, 4.69) is 5.32 Å². The minimum atomic E-state index is -0.612. The molecule has 6 heteroatoms. The number of halogens is 1. The molecule has 3 nitrogen and oxygen atoms in total. The number of aliphatic hydroxyl groups excluding tert-OH is 1. The molecule has 0 aliphatic carbocycles. The first kappa shape index (κ1) is 16.8. The van der Waals surface area contributed by atoms with Gasteiger partial charge in [-0.15, -0.1) is 22.7 Å². The number of nitrogens with one attached hydrogen (secondary N) is 1. The summed E-state index contributed by atoms with van der Waals surface area (Å²) in [6, 6.07) is 13.5. The Balaban J connectivity index is 1.53. The maximum atomic E-state index is 12.8. The summed E-state index contributed by atoms with van der Waals surface area (Å²) in [4.78, 5) is 14.7. The molecule has 1 amide bonds. The van der Waals surface area contributed by atoms with Gasteiger partial charge in [0, 0.05) is 14.6 Å². The van der Waals surface area contributed by atoms with Crippen molar-refractivity contribution in [2.75, 3.05) is 0 Å². The van der Waals surface area contributed by atoms with Crippen LogP contribution in [-0.2, 0) is 17.8 Å². The summed E-state index contributed by atoms with van der Waals surface area (Å²) in [5, 5.41) is 15.1. The highest BCUT2D eigenvalue weighted by Gasteiger charge is 2.14. The second kappa shape index (κ2) is 7.70. The van der Waals surface area contributed by atoms with Gasteiger partial charge in [0.25, 0.3) is 0 Å². The lowest BCUT2D eigenvalue weighted by atomic mass is 10.1. The van der Waals surface area contributed by atoms with E-state index in [1.54, 1.807) is 12.1 Å². The summed E-state index contributed by atoms with van der Waals surface area (Å²) < 4.78 is 12.8. The first-order chi connectivity index (χ1) is 11.6. The zero-order valence-electron chi connectivity index (χ0n) is 12.7. The van der Waals surface area contributed by atoms with Gasteiger partial charge in [0.1, 0.15) is 11.9 Å². The largest absolute Gasteiger partial charge is 0.382 e. The van der Waals surface area contributed by atoms with Crippen LogP contribution < -0.4 is 5.32 Å². The fourth-order valence-electron chi connectivity index (χ4n) is 2.26. The third-order valence-corrected chi connectivity index (χ3v) is 5.56. The standard InChI is InChI=1S/C18H16FNO2S2/c19-13-5-3-12(4-6-13)10-17(21)20-11-14-7-8-16(24-14)18(22)15-2-1-9-23-15/h1-9,18,22H,10-11H2,(H,20,21). The van der Waals surface area contributed by atoms with Gasteiger partial charge in [-0.25, -0.2) is 4.39 Å². The molecule has 2 heterocycles. The number of carbonyl (C=O) groups is 1. The fourth-order valence-corrected chi connectivity index (χ4v) is 4.02. The first-order valence-electron chi connectivity index (χ1n) is 7.43. The normalized spacial score (nSPS) is 12.1. The Morgan fingerprint density at radius 3 is 2.62 bits per heavy atom. The lowest BCUT2D eigenvalue weighted by molar-refractivity contribution is -0.120. The van der Waals surface area contributed by atoms with Gasteiger partial charge in [-0.3, -0.25) is 4.79 Å². The van der Waals surface area contributed by atoms with Gasteiger partial charge in [-0.1, -0.05) is 18.2 Å². The predicted octanol–water partition coefficient (Wildman–Crippen LogP) is 3.89. The molecule has 3 aromatic rings. The van der Waals surface area contributed by atoms with Crippen molar-refractivity contribution in [1.82, 2.24) is 5.32 Å². The number of rotatable bonds is 6. The van der Waals surface area contributed by atoms with Crippen molar-refractivity contribution in [3.63, 3.8) is 0 Å². The Labute approximate surface area is 147 Å². The van der Waals surface area contributed by atoms with Crippen LogP contribution in [0.5, 0.6) is 0 Å². The van der Waals surface area contributed by atoms with E-state index >= 15 is 0 Å². The minimum Gasteiger partial charge on any atom is -0.382 e. The van der Waals surface area contributed by atoms with E-state index in [0.717, 1.165) is 20.2 Å². The Morgan fingerprint density at radius 1 is 1.12 bits per heavy atom.